The van der Waals surface area contributed by atoms with Gasteiger partial charge < -0.3 is 0 Å². The van der Waals surface area contributed by atoms with Crippen molar-refractivity contribution in [2.24, 2.45) is 0 Å². The molecule has 1 heteroatoms. The predicted molar refractivity (Wildman–Crippen MR) is 31.0 cm³/mol. The second-order valence-corrected chi connectivity index (χ2v) is 0.979. The number of halogens is 1. The maximum absolute atomic E-state index is 11.9. The molecule has 0 spiro atoms. The molecule has 0 radical (unpaired) electrons. The zero-order valence-corrected chi connectivity index (χ0v) is 4.37. The molecular formula is C7H5F. The highest BCUT2D eigenvalue weighted by molar-refractivity contribution is 5.05. The summed E-state index contributed by atoms with van der Waals surface area (Å²) in [6, 6.07) is 0. The van der Waals surface area contributed by atoms with Gasteiger partial charge in [0.05, 0.1) is 0 Å². The van der Waals surface area contributed by atoms with Crippen LogP contribution in [0.4, 0.5) is 4.39 Å². The maximum Gasteiger partial charge on any atom is 0.173 e. The van der Waals surface area contributed by atoms with Crippen LogP contribution >= 0.6 is 0 Å². The molecule has 0 amide bonds. The highest BCUT2D eigenvalue weighted by Crippen LogP contribution is 1.89. The monoisotopic (exact) mass is 108 g/mol. The van der Waals surface area contributed by atoms with Gasteiger partial charge in [0.15, 0.2) is 5.83 Å². The second-order valence-electron chi connectivity index (χ2n) is 0.979. The minimum atomic E-state index is -0.554. The molecule has 0 saturated carbocycles. The first-order valence-electron chi connectivity index (χ1n) is 1.99. The Morgan fingerprint density at radius 3 is 2.62 bits per heavy atom. The van der Waals surface area contributed by atoms with E-state index in [9.17, 15) is 4.39 Å². The molecule has 0 saturated heterocycles. The van der Waals surface area contributed by atoms with Gasteiger partial charge in [0.2, 0.25) is 0 Å². The van der Waals surface area contributed by atoms with Crippen LogP contribution in [-0.2, 0) is 0 Å². The number of allylic oxidation sites excluding steroid dienone is 2. The van der Waals surface area contributed by atoms with Crippen LogP contribution in [0.15, 0.2) is 42.3 Å². The van der Waals surface area contributed by atoms with Gasteiger partial charge in [0, 0.05) is 0 Å². The lowest BCUT2D eigenvalue weighted by molar-refractivity contribution is 0.670. The van der Waals surface area contributed by atoms with Crippen molar-refractivity contribution in [1.29, 1.82) is 0 Å². The lowest BCUT2D eigenvalue weighted by Gasteiger charge is -1.66. The molecule has 0 aromatic carbocycles. The quantitative estimate of drug-likeness (QED) is 0.356. The molecule has 0 heterocycles. The molecule has 0 aromatic heterocycles. The van der Waals surface area contributed by atoms with Crippen LogP contribution in [0.1, 0.15) is 0 Å². The average Bonchev–Trinajstić information content (AvgIpc) is 1.83. The molecular weight excluding hydrogens is 103 g/mol. The van der Waals surface area contributed by atoms with Gasteiger partial charge in [-0.25, -0.2) is 0 Å². The summed E-state index contributed by atoms with van der Waals surface area (Å²) in [6.07, 6.45) is 1.03. The third-order valence-electron chi connectivity index (χ3n) is 0.450. The van der Waals surface area contributed by atoms with Gasteiger partial charge in [-0.05, 0) is 24.1 Å². The SMILES string of the molecule is C=C=C=C=C(F)C=C. The van der Waals surface area contributed by atoms with Crippen molar-refractivity contribution < 1.29 is 4.39 Å². The van der Waals surface area contributed by atoms with Crippen LogP contribution in [0.2, 0.25) is 0 Å². The van der Waals surface area contributed by atoms with E-state index in [1.54, 1.807) is 0 Å². The average molecular weight is 108 g/mol. The molecule has 0 unspecified atom stereocenters. The van der Waals surface area contributed by atoms with Crippen molar-refractivity contribution in [2.75, 3.05) is 0 Å². The molecule has 0 aliphatic heterocycles. The van der Waals surface area contributed by atoms with Crippen molar-refractivity contribution in [2.45, 2.75) is 0 Å². The number of rotatable bonds is 1. The van der Waals surface area contributed by atoms with Crippen LogP contribution in [0.3, 0.4) is 0 Å². The first-order chi connectivity index (χ1) is 3.81. The Hall–Kier alpha value is -1.25. The summed E-state index contributed by atoms with van der Waals surface area (Å²) >= 11 is 0. The van der Waals surface area contributed by atoms with Crippen molar-refractivity contribution in [3.63, 3.8) is 0 Å². The molecule has 40 valence electrons. The van der Waals surface area contributed by atoms with E-state index >= 15 is 0 Å². The van der Waals surface area contributed by atoms with E-state index < -0.39 is 5.83 Å². The number of hydrogen-bond donors (Lipinski definition) is 0. The lowest BCUT2D eigenvalue weighted by Crippen LogP contribution is -1.50. The van der Waals surface area contributed by atoms with Gasteiger partial charge in [-0.15, -0.1) is 0 Å². The highest BCUT2D eigenvalue weighted by Gasteiger charge is 1.73. The Morgan fingerprint density at radius 2 is 2.25 bits per heavy atom. The number of hydrogen-bond acceptors (Lipinski definition) is 0. The minimum absolute atomic E-state index is 0.554. The van der Waals surface area contributed by atoms with Gasteiger partial charge in [0.1, 0.15) is 0 Å². The predicted octanol–water partition coefficient (Wildman–Crippen LogP) is 2.12. The summed E-state index contributed by atoms with van der Waals surface area (Å²) in [5, 5.41) is 0. The minimum Gasteiger partial charge on any atom is -0.197 e. The van der Waals surface area contributed by atoms with Crippen molar-refractivity contribution >= 4 is 0 Å². The van der Waals surface area contributed by atoms with E-state index in [1.165, 1.54) is 0 Å². The molecule has 0 aliphatic carbocycles. The van der Waals surface area contributed by atoms with E-state index in [-0.39, 0.29) is 0 Å². The molecule has 8 heavy (non-hydrogen) atoms. The van der Waals surface area contributed by atoms with Crippen LogP contribution in [0, 0.1) is 0 Å². The van der Waals surface area contributed by atoms with E-state index in [0.29, 0.717) is 0 Å². The van der Waals surface area contributed by atoms with Crippen LogP contribution < -0.4 is 0 Å². The molecule has 0 bridgehead atoms. The van der Waals surface area contributed by atoms with Gasteiger partial charge >= 0.3 is 0 Å². The molecule has 0 rings (SSSR count). The van der Waals surface area contributed by atoms with Crippen molar-refractivity contribution in [1.82, 2.24) is 0 Å². The highest BCUT2D eigenvalue weighted by atomic mass is 19.1. The molecule has 0 aliphatic rings. The Labute approximate surface area is 47.6 Å². The summed E-state index contributed by atoms with van der Waals surface area (Å²) in [4.78, 5) is 0. The van der Waals surface area contributed by atoms with Crippen molar-refractivity contribution in [3.05, 3.63) is 42.3 Å². The summed E-state index contributed by atoms with van der Waals surface area (Å²) < 4.78 is 11.9. The van der Waals surface area contributed by atoms with E-state index in [2.05, 4.69) is 30.4 Å². The Balaban J connectivity index is 4.63. The smallest absolute Gasteiger partial charge is 0.173 e. The van der Waals surface area contributed by atoms with Crippen molar-refractivity contribution in [3.8, 4) is 0 Å². The summed E-state index contributed by atoms with van der Waals surface area (Å²) in [7, 11) is 0. The zero-order chi connectivity index (χ0) is 6.41. The van der Waals surface area contributed by atoms with E-state index in [0.717, 1.165) is 6.08 Å². The van der Waals surface area contributed by atoms with E-state index in [4.69, 9.17) is 0 Å². The van der Waals surface area contributed by atoms with Crippen LogP contribution in [-0.4, -0.2) is 0 Å². The van der Waals surface area contributed by atoms with Gasteiger partial charge in [0.25, 0.3) is 0 Å². The largest absolute Gasteiger partial charge is 0.197 e. The third kappa shape index (κ3) is 2.96. The fourth-order valence-corrected chi connectivity index (χ4v) is 0.155. The Kier molecular flexibility index (Phi) is 3.31. The van der Waals surface area contributed by atoms with Gasteiger partial charge in [-0.1, -0.05) is 12.3 Å². The van der Waals surface area contributed by atoms with Crippen LogP contribution in [0.25, 0.3) is 0 Å². The molecule has 0 atom stereocenters. The third-order valence-corrected chi connectivity index (χ3v) is 0.450. The fourth-order valence-electron chi connectivity index (χ4n) is 0.155. The standard InChI is InChI=1S/C7H5F/c1-3-5-6-7(8)4-2/h4H,1-2H2. The maximum atomic E-state index is 11.9. The normalized spacial score (nSPS) is 5.62. The summed E-state index contributed by atoms with van der Waals surface area (Å²) in [6.45, 7) is 6.30. The van der Waals surface area contributed by atoms with E-state index in [1.807, 2.05) is 0 Å². The van der Waals surface area contributed by atoms with Gasteiger partial charge in [-0.2, -0.15) is 4.39 Å². The molecule has 0 fully saturated rings. The Morgan fingerprint density at radius 1 is 1.62 bits per heavy atom. The molecule has 0 nitrogen and oxygen atoms in total. The second kappa shape index (κ2) is 3.92. The molecule has 0 N–H and O–H groups in total. The Bertz CT molecular complexity index is 194. The molecule has 0 aromatic rings. The summed E-state index contributed by atoms with van der Waals surface area (Å²) in [5.41, 5.74) is 6.51. The summed E-state index contributed by atoms with van der Waals surface area (Å²) in [5.74, 6) is -0.554. The topological polar surface area (TPSA) is 0 Å². The zero-order valence-electron chi connectivity index (χ0n) is 4.37. The fraction of sp³-hybridized carbons (Fsp3) is 0. The van der Waals surface area contributed by atoms with Gasteiger partial charge in [-0.3, -0.25) is 0 Å². The lowest BCUT2D eigenvalue weighted by atomic mass is 10.5. The first-order valence-corrected chi connectivity index (χ1v) is 1.99. The van der Waals surface area contributed by atoms with Crippen LogP contribution in [0.5, 0.6) is 0 Å². The first kappa shape index (κ1) is 6.75.